The van der Waals surface area contributed by atoms with E-state index < -0.39 is 0 Å². The van der Waals surface area contributed by atoms with E-state index in [-0.39, 0.29) is 0 Å². The molecule has 0 aromatic carbocycles. The molecule has 2 aromatic heterocycles. The molecule has 0 saturated carbocycles. The molecule has 124 valence electrons. The van der Waals surface area contributed by atoms with Crippen molar-refractivity contribution in [2.75, 3.05) is 13.6 Å². The first-order chi connectivity index (χ1) is 11.0. The highest BCUT2D eigenvalue weighted by Crippen LogP contribution is 2.22. The Morgan fingerprint density at radius 1 is 1.35 bits per heavy atom. The molecule has 0 amide bonds. The highest BCUT2D eigenvalue weighted by molar-refractivity contribution is 5.28. The quantitative estimate of drug-likeness (QED) is 0.921. The zero-order chi connectivity index (χ0) is 16.4. The standard InChI is InChI=1S/C18H27N5/c1-13(2)22(4)11-17-16-8-9-23(12-18(16)21-20-17)10-15-7-5-6-14(3)19-15/h5-7,13H,8-12H2,1-4H3,(H,20,21). The average Bonchev–Trinajstić information content (AvgIpc) is 2.89. The van der Waals surface area contributed by atoms with Crippen molar-refractivity contribution in [2.24, 2.45) is 0 Å². The first-order valence-corrected chi connectivity index (χ1v) is 8.43. The van der Waals surface area contributed by atoms with Crippen LogP contribution in [0.4, 0.5) is 0 Å². The van der Waals surface area contributed by atoms with Gasteiger partial charge in [0, 0.05) is 43.5 Å². The van der Waals surface area contributed by atoms with Crippen LogP contribution in [0.15, 0.2) is 18.2 Å². The summed E-state index contributed by atoms with van der Waals surface area (Å²) in [5.74, 6) is 0. The Hall–Kier alpha value is -1.72. The van der Waals surface area contributed by atoms with E-state index in [1.807, 2.05) is 13.0 Å². The summed E-state index contributed by atoms with van der Waals surface area (Å²) < 4.78 is 0. The van der Waals surface area contributed by atoms with E-state index in [0.29, 0.717) is 6.04 Å². The molecule has 5 heteroatoms. The Bertz CT molecular complexity index is 661. The molecule has 1 aliphatic heterocycles. The Morgan fingerprint density at radius 2 is 2.17 bits per heavy atom. The van der Waals surface area contributed by atoms with Crippen molar-refractivity contribution in [1.29, 1.82) is 0 Å². The lowest BCUT2D eigenvalue weighted by molar-refractivity contribution is 0.237. The van der Waals surface area contributed by atoms with Gasteiger partial charge in [0.25, 0.3) is 0 Å². The fourth-order valence-electron chi connectivity index (χ4n) is 3.04. The van der Waals surface area contributed by atoms with E-state index in [1.54, 1.807) is 0 Å². The maximum absolute atomic E-state index is 4.61. The summed E-state index contributed by atoms with van der Waals surface area (Å²) in [4.78, 5) is 9.39. The molecule has 23 heavy (non-hydrogen) atoms. The second-order valence-electron chi connectivity index (χ2n) is 6.87. The SMILES string of the molecule is Cc1cccc(CN2CCc3c(CN(C)C(C)C)n[nH]c3C2)n1. The van der Waals surface area contributed by atoms with Crippen LogP contribution in [0.2, 0.25) is 0 Å². The number of hydrogen-bond acceptors (Lipinski definition) is 4. The van der Waals surface area contributed by atoms with Crippen molar-refractivity contribution in [3.05, 3.63) is 46.5 Å². The van der Waals surface area contributed by atoms with Crippen LogP contribution in [0.25, 0.3) is 0 Å². The van der Waals surface area contributed by atoms with Crippen LogP contribution in [-0.2, 0) is 26.1 Å². The summed E-state index contributed by atoms with van der Waals surface area (Å²) in [7, 11) is 2.16. The number of H-pyrrole nitrogens is 1. The van der Waals surface area contributed by atoms with Crippen LogP contribution >= 0.6 is 0 Å². The van der Waals surface area contributed by atoms with Crippen LogP contribution < -0.4 is 0 Å². The van der Waals surface area contributed by atoms with Crippen LogP contribution in [0.3, 0.4) is 0 Å². The first kappa shape index (κ1) is 16.1. The maximum Gasteiger partial charge on any atom is 0.0798 e. The molecule has 5 nitrogen and oxygen atoms in total. The lowest BCUT2D eigenvalue weighted by atomic mass is 10.0. The normalized spacial score (nSPS) is 15.4. The largest absolute Gasteiger partial charge is 0.298 e. The van der Waals surface area contributed by atoms with Gasteiger partial charge >= 0.3 is 0 Å². The topological polar surface area (TPSA) is 48.0 Å². The van der Waals surface area contributed by atoms with E-state index in [2.05, 4.69) is 58.0 Å². The number of rotatable bonds is 5. The average molecular weight is 313 g/mol. The van der Waals surface area contributed by atoms with Gasteiger partial charge in [-0.05, 0) is 46.4 Å². The number of hydrogen-bond donors (Lipinski definition) is 1. The Morgan fingerprint density at radius 3 is 2.91 bits per heavy atom. The molecule has 0 saturated heterocycles. The van der Waals surface area contributed by atoms with E-state index in [1.165, 1.54) is 17.0 Å². The summed E-state index contributed by atoms with van der Waals surface area (Å²) in [6, 6.07) is 6.78. The number of aromatic amines is 1. The fourth-order valence-corrected chi connectivity index (χ4v) is 3.04. The van der Waals surface area contributed by atoms with Crippen molar-refractivity contribution in [1.82, 2.24) is 25.0 Å². The van der Waals surface area contributed by atoms with Gasteiger partial charge in [-0.1, -0.05) is 6.07 Å². The Kier molecular flexibility index (Phi) is 4.78. The Labute approximate surface area is 138 Å². The summed E-state index contributed by atoms with van der Waals surface area (Å²) in [6.07, 6.45) is 1.07. The third-order valence-electron chi connectivity index (χ3n) is 4.71. The molecule has 0 spiro atoms. The Balaban J connectivity index is 1.66. The number of fused-ring (bicyclic) bond motifs is 1. The number of nitrogens with one attached hydrogen (secondary N) is 1. The van der Waals surface area contributed by atoms with Crippen molar-refractivity contribution in [2.45, 2.75) is 52.9 Å². The third kappa shape index (κ3) is 3.79. The van der Waals surface area contributed by atoms with E-state index in [4.69, 9.17) is 0 Å². The minimum Gasteiger partial charge on any atom is -0.298 e. The molecule has 0 radical (unpaired) electrons. The molecule has 2 aromatic rings. The summed E-state index contributed by atoms with van der Waals surface area (Å²) in [6.45, 7) is 10.3. The van der Waals surface area contributed by atoms with Gasteiger partial charge in [0.05, 0.1) is 17.1 Å². The predicted molar refractivity (Wildman–Crippen MR) is 92.0 cm³/mol. The molecule has 3 heterocycles. The van der Waals surface area contributed by atoms with Gasteiger partial charge in [-0.2, -0.15) is 5.10 Å². The molecule has 0 atom stereocenters. The predicted octanol–water partition coefficient (Wildman–Crippen LogP) is 2.51. The van der Waals surface area contributed by atoms with E-state index >= 15 is 0 Å². The van der Waals surface area contributed by atoms with Gasteiger partial charge in [0.2, 0.25) is 0 Å². The smallest absolute Gasteiger partial charge is 0.0798 e. The van der Waals surface area contributed by atoms with Crippen molar-refractivity contribution in [3.8, 4) is 0 Å². The maximum atomic E-state index is 4.61. The van der Waals surface area contributed by atoms with Crippen molar-refractivity contribution >= 4 is 0 Å². The van der Waals surface area contributed by atoms with Gasteiger partial charge in [-0.3, -0.25) is 19.9 Å². The highest BCUT2D eigenvalue weighted by Gasteiger charge is 2.22. The second-order valence-corrected chi connectivity index (χ2v) is 6.87. The molecule has 3 rings (SSSR count). The van der Waals surface area contributed by atoms with Crippen molar-refractivity contribution in [3.63, 3.8) is 0 Å². The molecular weight excluding hydrogens is 286 g/mol. The van der Waals surface area contributed by atoms with Crippen LogP contribution in [0.1, 0.15) is 42.2 Å². The number of nitrogens with zero attached hydrogens (tertiary/aromatic N) is 4. The van der Waals surface area contributed by atoms with Crippen LogP contribution in [0.5, 0.6) is 0 Å². The number of pyridine rings is 1. The third-order valence-corrected chi connectivity index (χ3v) is 4.71. The molecule has 0 aliphatic carbocycles. The molecule has 1 N–H and O–H groups in total. The number of aromatic nitrogens is 3. The second kappa shape index (κ2) is 6.81. The summed E-state index contributed by atoms with van der Waals surface area (Å²) >= 11 is 0. The van der Waals surface area contributed by atoms with Crippen LogP contribution in [0, 0.1) is 6.92 Å². The molecule has 0 bridgehead atoms. The fraction of sp³-hybridized carbons (Fsp3) is 0.556. The molecule has 1 aliphatic rings. The monoisotopic (exact) mass is 313 g/mol. The van der Waals surface area contributed by atoms with Gasteiger partial charge in [-0.15, -0.1) is 0 Å². The number of aryl methyl sites for hydroxylation is 1. The van der Waals surface area contributed by atoms with Gasteiger partial charge < -0.3 is 0 Å². The summed E-state index contributed by atoms with van der Waals surface area (Å²) in [5.41, 5.74) is 6.14. The summed E-state index contributed by atoms with van der Waals surface area (Å²) in [5, 5.41) is 7.83. The zero-order valence-electron chi connectivity index (χ0n) is 14.6. The minimum atomic E-state index is 0.537. The lowest BCUT2D eigenvalue weighted by Crippen LogP contribution is -2.31. The van der Waals surface area contributed by atoms with Crippen LogP contribution in [-0.4, -0.2) is 44.6 Å². The zero-order valence-corrected chi connectivity index (χ0v) is 14.6. The first-order valence-electron chi connectivity index (χ1n) is 8.43. The van der Waals surface area contributed by atoms with Gasteiger partial charge in [0.1, 0.15) is 0 Å². The van der Waals surface area contributed by atoms with Gasteiger partial charge in [0.15, 0.2) is 0 Å². The lowest BCUT2D eigenvalue weighted by Gasteiger charge is -2.27. The highest BCUT2D eigenvalue weighted by atomic mass is 15.2. The van der Waals surface area contributed by atoms with Gasteiger partial charge in [-0.25, -0.2) is 0 Å². The molecule has 0 unspecified atom stereocenters. The molecular formula is C18H27N5. The van der Waals surface area contributed by atoms with E-state index in [9.17, 15) is 0 Å². The van der Waals surface area contributed by atoms with Crippen molar-refractivity contribution < 1.29 is 0 Å². The van der Waals surface area contributed by atoms with E-state index in [0.717, 1.165) is 44.0 Å². The molecule has 0 fully saturated rings. The minimum absolute atomic E-state index is 0.537.